The molecule has 1 amide bonds. The topological polar surface area (TPSA) is 76.4 Å². The van der Waals surface area contributed by atoms with E-state index in [9.17, 15) is 9.18 Å². The molecule has 8 nitrogen and oxygen atoms in total. The number of anilines is 2. The van der Waals surface area contributed by atoms with Gasteiger partial charge in [0.1, 0.15) is 23.6 Å². The van der Waals surface area contributed by atoms with Gasteiger partial charge in [-0.3, -0.25) is 9.69 Å². The van der Waals surface area contributed by atoms with Crippen LogP contribution in [0.2, 0.25) is 0 Å². The second-order valence-electron chi connectivity index (χ2n) is 7.09. The number of hydrogen-bond donors (Lipinski definition) is 0. The molecule has 3 aromatic rings. The molecule has 148 valence electrons. The van der Waals surface area contributed by atoms with Crippen LogP contribution in [-0.4, -0.2) is 52.0 Å². The van der Waals surface area contributed by atoms with Crippen molar-refractivity contribution >= 4 is 17.5 Å². The lowest BCUT2D eigenvalue weighted by atomic mass is 10.3. The number of halogens is 1. The first-order valence-corrected chi connectivity index (χ1v) is 9.38. The van der Waals surface area contributed by atoms with Crippen molar-refractivity contribution in [3.8, 4) is 11.4 Å². The molecular formula is C20H19FN6O2. The Morgan fingerprint density at radius 3 is 2.59 bits per heavy atom. The predicted octanol–water partition coefficient (Wildman–Crippen LogP) is 2.38. The van der Waals surface area contributed by atoms with Gasteiger partial charge in [0.25, 0.3) is 5.91 Å². The SMILES string of the molecule is COc1ccc(N2Cc3nn(-c4ccc(N5CC[C@@H](F)C5)nc4)cc3C2=O)nc1. The maximum atomic E-state index is 13.4. The number of pyridine rings is 2. The molecule has 1 atom stereocenters. The molecule has 1 fully saturated rings. The number of carbonyl (C=O) groups excluding carboxylic acids is 1. The number of methoxy groups -OCH3 is 1. The van der Waals surface area contributed by atoms with Crippen molar-refractivity contribution < 1.29 is 13.9 Å². The Bertz CT molecular complexity index is 1050. The number of carbonyl (C=O) groups is 1. The third-order valence-corrected chi connectivity index (χ3v) is 5.26. The number of ether oxygens (including phenoxy) is 1. The molecule has 0 spiro atoms. The molecule has 2 aliphatic rings. The van der Waals surface area contributed by atoms with Crippen LogP contribution < -0.4 is 14.5 Å². The van der Waals surface area contributed by atoms with Gasteiger partial charge in [0.2, 0.25) is 0 Å². The molecule has 5 heterocycles. The van der Waals surface area contributed by atoms with Crippen molar-refractivity contribution in [1.29, 1.82) is 0 Å². The van der Waals surface area contributed by atoms with E-state index in [0.717, 1.165) is 11.5 Å². The minimum absolute atomic E-state index is 0.139. The van der Waals surface area contributed by atoms with Crippen LogP contribution >= 0.6 is 0 Å². The van der Waals surface area contributed by atoms with Crippen molar-refractivity contribution in [2.45, 2.75) is 19.1 Å². The van der Waals surface area contributed by atoms with Crippen LogP contribution in [0.4, 0.5) is 16.0 Å². The van der Waals surface area contributed by atoms with Crippen LogP contribution in [0.3, 0.4) is 0 Å². The lowest BCUT2D eigenvalue weighted by molar-refractivity contribution is 0.0995. The fraction of sp³-hybridized carbons (Fsp3) is 0.300. The summed E-state index contributed by atoms with van der Waals surface area (Å²) in [5.74, 6) is 1.80. The highest BCUT2D eigenvalue weighted by Gasteiger charge is 2.32. The summed E-state index contributed by atoms with van der Waals surface area (Å²) >= 11 is 0. The quantitative estimate of drug-likeness (QED) is 0.676. The maximum absolute atomic E-state index is 13.4. The highest BCUT2D eigenvalue weighted by Crippen LogP contribution is 2.28. The van der Waals surface area contributed by atoms with E-state index in [1.54, 1.807) is 47.4 Å². The van der Waals surface area contributed by atoms with Crippen molar-refractivity contribution in [3.63, 3.8) is 0 Å². The van der Waals surface area contributed by atoms with Crippen LogP contribution in [-0.2, 0) is 6.54 Å². The summed E-state index contributed by atoms with van der Waals surface area (Å²) in [5, 5.41) is 4.55. The van der Waals surface area contributed by atoms with Crippen LogP contribution in [0.25, 0.3) is 5.69 Å². The second kappa shape index (κ2) is 6.84. The van der Waals surface area contributed by atoms with Crippen LogP contribution in [0.15, 0.2) is 42.9 Å². The van der Waals surface area contributed by atoms with Gasteiger partial charge >= 0.3 is 0 Å². The molecule has 9 heteroatoms. The number of nitrogens with zero attached hydrogens (tertiary/aromatic N) is 6. The minimum Gasteiger partial charge on any atom is -0.495 e. The Kier molecular flexibility index (Phi) is 4.15. The van der Waals surface area contributed by atoms with E-state index in [1.807, 2.05) is 17.0 Å². The van der Waals surface area contributed by atoms with Gasteiger partial charge in [0.05, 0.1) is 49.5 Å². The molecule has 0 bridgehead atoms. The summed E-state index contributed by atoms with van der Waals surface area (Å²) in [6.45, 7) is 1.41. The van der Waals surface area contributed by atoms with Gasteiger partial charge in [0, 0.05) is 12.7 Å². The van der Waals surface area contributed by atoms with E-state index in [1.165, 1.54) is 0 Å². The summed E-state index contributed by atoms with van der Waals surface area (Å²) in [6, 6.07) is 7.25. The van der Waals surface area contributed by atoms with Crippen LogP contribution in [0.5, 0.6) is 5.75 Å². The molecule has 0 saturated carbocycles. The van der Waals surface area contributed by atoms with Gasteiger partial charge < -0.3 is 9.64 Å². The normalized spacial score (nSPS) is 18.4. The summed E-state index contributed by atoms with van der Waals surface area (Å²) in [6.07, 6.45) is 4.73. The minimum atomic E-state index is -0.792. The first-order valence-electron chi connectivity index (χ1n) is 9.38. The second-order valence-corrected chi connectivity index (χ2v) is 7.09. The number of hydrogen-bond acceptors (Lipinski definition) is 6. The highest BCUT2D eigenvalue weighted by atomic mass is 19.1. The van der Waals surface area contributed by atoms with E-state index < -0.39 is 6.17 Å². The molecule has 0 aliphatic carbocycles. The average Bonchev–Trinajstić information content (AvgIpc) is 3.45. The van der Waals surface area contributed by atoms with Gasteiger partial charge in [-0.2, -0.15) is 5.10 Å². The largest absolute Gasteiger partial charge is 0.495 e. The zero-order chi connectivity index (χ0) is 20.0. The number of aromatic nitrogens is 4. The standard InChI is InChI=1S/C20H19FN6O2/c1-29-15-3-5-19(23-9-15)26-12-17-16(20(26)28)11-27(24-17)14-2-4-18(22-8-14)25-7-6-13(21)10-25/h2-5,8-9,11,13H,6-7,10,12H2,1H3/t13-/m1/s1. The van der Waals surface area contributed by atoms with Crippen LogP contribution in [0.1, 0.15) is 22.5 Å². The summed E-state index contributed by atoms with van der Waals surface area (Å²) in [7, 11) is 1.57. The molecule has 29 heavy (non-hydrogen) atoms. The fourth-order valence-electron chi connectivity index (χ4n) is 3.67. The highest BCUT2D eigenvalue weighted by molar-refractivity contribution is 6.09. The number of alkyl halides is 1. The van der Waals surface area contributed by atoms with Crippen LogP contribution in [0, 0.1) is 0 Å². The summed E-state index contributed by atoms with van der Waals surface area (Å²) < 4.78 is 20.2. The van der Waals surface area contributed by atoms with Gasteiger partial charge in [-0.1, -0.05) is 0 Å². The number of amides is 1. The summed E-state index contributed by atoms with van der Waals surface area (Å²) in [5.41, 5.74) is 1.99. The monoisotopic (exact) mass is 394 g/mol. The molecular weight excluding hydrogens is 375 g/mol. The lowest BCUT2D eigenvalue weighted by Crippen LogP contribution is -2.24. The Morgan fingerprint density at radius 1 is 1.14 bits per heavy atom. The van der Waals surface area contributed by atoms with Crippen molar-refractivity contribution in [2.24, 2.45) is 0 Å². The molecule has 2 aliphatic heterocycles. The molecule has 3 aromatic heterocycles. The third kappa shape index (κ3) is 3.08. The Labute approximate surface area is 166 Å². The van der Waals surface area contributed by atoms with E-state index in [-0.39, 0.29) is 5.91 Å². The zero-order valence-corrected chi connectivity index (χ0v) is 15.8. The van der Waals surface area contributed by atoms with E-state index >= 15 is 0 Å². The van der Waals surface area contributed by atoms with Gasteiger partial charge in [-0.05, 0) is 30.7 Å². The number of fused-ring (bicyclic) bond motifs is 1. The molecule has 0 N–H and O–H groups in total. The fourth-order valence-corrected chi connectivity index (χ4v) is 3.67. The van der Waals surface area contributed by atoms with Crippen molar-refractivity contribution in [2.75, 3.05) is 30.0 Å². The Morgan fingerprint density at radius 2 is 1.97 bits per heavy atom. The first-order chi connectivity index (χ1) is 14.1. The molecule has 5 rings (SSSR count). The number of rotatable bonds is 4. The van der Waals surface area contributed by atoms with Crippen molar-refractivity contribution in [1.82, 2.24) is 19.7 Å². The molecule has 0 aromatic carbocycles. The van der Waals surface area contributed by atoms with Gasteiger partial charge in [0.15, 0.2) is 0 Å². The zero-order valence-electron chi connectivity index (χ0n) is 15.8. The van der Waals surface area contributed by atoms with E-state index in [2.05, 4.69) is 15.1 Å². The van der Waals surface area contributed by atoms with Gasteiger partial charge in [-0.15, -0.1) is 0 Å². The predicted molar refractivity (Wildman–Crippen MR) is 104 cm³/mol. The Balaban J connectivity index is 1.34. The lowest BCUT2D eigenvalue weighted by Gasteiger charge is -2.16. The van der Waals surface area contributed by atoms with Crippen molar-refractivity contribution in [3.05, 3.63) is 54.1 Å². The van der Waals surface area contributed by atoms with Gasteiger partial charge in [-0.25, -0.2) is 19.0 Å². The molecule has 0 radical (unpaired) electrons. The molecule has 1 saturated heterocycles. The van der Waals surface area contributed by atoms with E-state index in [4.69, 9.17) is 4.74 Å². The molecule has 0 unspecified atom stereocenters. The van der Waals surface area contributed by atoms with E-state index in [0.29, 0.717) is 48.9 Å². The third-order valence-electron chi connectivity index (χ3n) is 5.26. The smallest absolute Gasteiger partial charge is 0.263 e. The summed E-state index contributed by atoms with van der Waals surface area (Å²) in [4.78, 5) is 25.0. The Hall–Kier alpha value is -3.49. The maximum Gasteiger partial charge on any atom is 0.263 e. The average molecular weight is 394 g/mol. The first kappa shape index (κ1) is 17.6.